The maximum Gasteiger partial charge on any atom is 0.323 e. The number of benzene rings is 2. The van der Waals surface area contributed by atoms with Gasteiger partial charge in [-0.15, -0.1) is 10.2 Å². The molecular formula is C24H29ClN6O3. The highest BCUT2D eigenvalue weighted by molar-refractivity contribution is 6.30. The second-order valence-corrected chi connectivity index (χ2v) is 7.83. The van der Waals surface area contributed by atoms with Crippen molar-refractivity contribution in [1.29, 1.82) is 0 Å². The third-order valence-electron chi connectivity index (χ3n) is 5.19. The van der Waals surface area contributed by atoms with Gasteiger partial charge in [0, 0.05) is 18.5 Å². The van der Waals surface area contributed by atoms with Crippen molar-refractivity contribution in [3.63, 3.8) is 0 Å². The van der Waals surface area contributed by atoms with E-state index in [9.17, 15) is 15.3 Å². The molecule has 4 rings (SSSR count). The molecule has 0 saturated carbocycles. The van der Waals surface area contributed by atoms with Crippen molar-refractivity contribution in [3.8, 4) is 22.5 Å². The first-order valence-electron chi connectivity index (χ1n) is 11.2. The summed E-state index contributed by atoms with van der Waals surface area (Å²) in [6, 6.07) is 15.5. The van der Waals surface area contributed by atoms with Gasteiger partial charge in [0.05, 0.1) is 0 Å². The summed E-state index contributed by atoms with van der Waals surface area (Å²) in [6.07, 6.45) is 2.40. The highest BCUT2D eigenvalue weighted by atomic mass is 35.5. The van der Waals surface area contributed by atoms with Crippen LogP contribution in [-0.4, -0.2) is 45.5 Å². The molecule has 0 amide bonds. The average molecular weight is 485 g/mol. The number of hydrogen-bond acceptors (Lipinski definition) is 7. The van der Waals surface area contributed by atoms with Crippen molar-refractivity contribution >= 4 is 11.6 Å². The lowest BCUT2D eigenvalue weighted by Gasteiger charge is -2.19. The van der Waals surface area contributed by atoms with E-state index in [0.29, 0.717) is 18.1 Å². The minimum Gasteiger partial charge on any atom is -0.338 e. The monoisotopic (exact) mass is 484 g/mol. The predicted molar refractivity (Wildman–Crippen MR) is 130 cm³/mol. The number of unbranched alkanes of at least 4 members (excludes halogenated alkanes) is 1. The summed E-state index contributed by atoms with van der Waals surface area (Å²) in [5.74, 6) is -1.99. The average Bonchev–Trinajstić information content (AvgIpc) is 3.47. The van der Waals surface area contributed by atoms with E-state index in [0.717, 1.165) is 35.1 Å². The van der Waals surface area contributed by atoms with E-state index >= 15 is 0 Å². The van der Waals surface area contributed by atoms with E-state index in [1.807, 2.05) is 62.4 Å². The van der Waals surface area contributed by atoms with E-state index in [-0.39, 0.29) is 17.4 Å². The number of aliphatic hydroxyl groups is 3. The number of rotatable bonds is 8. The number of aryl methyl sites for hydroxylation is 1. The molecule has 0 spiro atoms. The Bertz CT molecular complexity index is 1180. The van der Waals surface area contributed by atoms with Gasteiger partial charge in [-0.3, -0.25) is 0 Å². The zero-order valence-electron chi connectivity index (χ0n) is 19.4. The molecule has 2 aromatic heterocycles. The van der Waals surface area contributed by atoms with Crippen molar-refractivity contribution in [2.24, 2.45) is 0 Å². The normalized spacial score (nSPS) is 11.3. The molecular weight excluding hydrogens is 456 g/mol. The Morgan fingerprint density at radius 2 is 1.68 bits per heavy atom. The fourth-order valence-electron chi connectivity index (χ4n) is 3.66. The fraction of sp³-hybridized carbons (Fsp3) is 0.333. The zero-order valence-corrected chi connectivity index (χ0v) is 20.2. The fourth-order valence-corrected chi connectivity index (χ4v) is 3.99. The molecule has 0 bridgehead atoms. The molecule has 0 unspecified atom stereocenters. The lowest BCUT2D eigenvalue weighted by Crippen LogP contribution is -2.29. The van der Waals surface area contributed by atoms with Crippen LogP contribution >= 0.6 is 11.6 Å². The summed E-state index contributed by atoms with van der Waals surface area (Å²) in [7, 11) is 0. The Kier molecular flexibility index (Phi) is 8.51. The molecule has 0 fully saturated rings. The lowest BCUT2D eigenvalue weighted by molar-refractivity contribution is -0.327. The molecule has 10 heteroatoms. The van der Waals surface area contributed by atoms with Crippen LogP contribution in [0.4, 0.5) is 0 Å². The Morgan fingerprint density at radius 3 is 2.26 bits per heavy atom. The summed E-state index contributed by atoms with van der Waals surface area (Å²) in [5.41, 5.74) is 3.41. The van der Waals surface area contributed by atoms with E-state index in [1.54, 1.807) is 4.57 Å². The van der Waals surface area contributed by atoms with Crippen molar-refractivity contribution in [3.05, 3.63) is 70.8 Å². The number of imidazole rings is 1. The van der Waals surface area contributed by atoms with Crippen molar-refractivity contribution in [2.75, 3.05) is 0 Å². The van der Waals surface area contributed by atoms with Crippen LogP contribution in [0, 0.1) is 0 Å². The summed E-state index contributed by atoms with van der Waals surface area (Å²) in [6.45, 7) is 6.32. The van der Waals surface area contributed by atoms with Gasteiger partial charge in [-0.2, -0.15) is 5.21 Å². The SMILES string of the molecule is CC.CCCCc1nc(Cl)c(C(O)(O)O)n1Cc1ccc(-c2ccccc2-c2nn[nH]n2)cc1. The maximum atomic E-state index is 9.83. The quantitative estimate of drug-likeness (QED) is 0.279. The second kappa shape index (κ2) is 11.3. The van der Waals surface area contributed by atoms with Gasteiger partial charge in [0.15, 0.2) is 5.15 Å². The first-order chi connectivity index (χ1) is 16.4. The maximum absolute atomic E-state index is 9.83. The van der Waals surface area contributed by atoms with Crippen LogP contribution < -0.4 is 0 Å². The minimum atomic E-state index is -3.09. The molecule has 180 valence electrons. The van der Waals surface area contributed by atoms with Gasteiger partial charge in [-0.25, -0.2) is 4.98 Å². The van der Waals surface area contributed by atoms with E-state index in [2.05, 4.69) is 32.5 Å². The first-order valence-corrected chi connectivity index (χ1v) is 11.6. The summed E-state index contributed by atoms with van der Waals surface area (Å²) in [5, 5.41) is 43.6. The van der Waals surface area contributed by atoms with Gasteiger partial charge < -0.3 is 19.9 Å². The second-order valence-electron chi connectivity index (χ2n) is 7.47. The van der Waals surface area contributed by atoms with E-state index in [1.165, 1.54) is 0 Å². The van der Waals surface area contributed by atoms with Gasteiger partial charge in [0.1, 0.15) is 11.5 Å². The van der Waals surface area contributed by atoms with Gasteiger partial charge in [0.2, 0.25) is 5.82 Å². The number of halogens is 1. The number of tetrazole rings is 1. The van der Waals surface area contributed by atoms with Gasteiger partial charge in [0.25, 0.3) is 0 Å². The van der Waals surface area contributed by atoms with Crippen LogP contribution in [0.25, 0.3) is 22.5 Å². The smallest absolute Gasteiger partial charge is 0.323 e. The molecule has 4 aromatic rings. The molecule has 0 aliphatic carbocycles. The van der Waals surface area contributed by atoms with Crippen LogP contribution in [0.3, 0.4) is 0 Å². The minimum absolute atomic E-state index is 0.130. The van der Waals surface area contributed by atoms with Gasteiger partial charge in [-0.1, -0.05) is 87.3 Å². The van der Waals surface area contributed by atoms with Crippen LogP contribution in [0.5, 0.6) is 0 Å². The Labute approximate surface area is 203 Å². The molecule has 4 N–H and O–H groups in total. The van der Waals surface area contributed by atoms with Crippen LogP contribution in [-0.2, 0) is 18.9 Å². The summed E-state index contributed by atoms with van der Waals surface area (Å²) in [4.78, 5) is 4.24. The third kappa shape index (κ3) is 5.68. The van der Waals surface area contributed by atoms with Crippen LogP contribution in [0.15, 0.2) is 48.5 Å². The van der Waals surface area contributed by atoms with Crippen LogP contribution in [0.2, 0.25) is 5.15 Å². The molecule has 0 aliphatic rings. The molecule has 0 aliphatic heterocycles. The number of aromatic nitrogens is 6. The Hall–Kier alpha value is -3.11. The third-order valence-corrected chi connectivity index (χ3v) is 5.46. The molecule has 2 aromatic carbocycles. The highest BCUT2D eigenvalue weighted by Crippen LogP contribution is 2.31. The number of aromatic amines is 1. The Morgan fingerprint density at radius 1 is 1.00 bits per heavy atom. The molecule has 34 heavy (non-hydrogen) atoms. The number of H-pyrrole nitrogens is 1. The van der Waals surface area contributed by atoms with Gasteiger partial charge in [-0.05, 0) is 28.3 Å². The molecule has 0 atom stereocenters. The predicted octanol–water partition coefficient (Wildman–Crippen LogP) is 3.89. The molecule has 9 nitrogen and oxygen atoms in total. The van der Waals surface area contributed by atoms with Crippen molar-refractivity contribution < 1.29 is 15.3 Å². The van der Waals surface area contributed by atoms with Crippen molar-refractivity contribution in [2.45, 2.75) is 52.6 Å². The number of hydrogen-bond donors (Lipinski definition) is 4. The summed E-state index contributed by atoms with van der Waals surface area (Å²) >= 11 is 6.12. The van der Waals surface area contributed by atoms with E-state index < -0.39 is 5.97 Å². The molecule has 2 heterocycles. The van der Waals surface area contributed by atoms with Crippen molar-refractivity contribution in [1.82, 2.24) is 30.2 Å². The van der Waals surface area contributed by atoms with Gasteiger partial charge >= 0.3 is 5.97 Å². The van der Waals surface area contributed by atoms with Crippen LogP contribution in [0.1, 0.15) is 50.7 Å². The number of nitrogens with zero attached hydrogens (tertiary/aromatic N) is 5. The number of nitrogens with one attached hydrogen (secondary N) is 1. The standard InChI is InChI=1S/C22H23ClN6O3.C2H6/c1-2-3-8-18-24-20(23)19(22(30,31)32)29(18)13-14-9-11-15(12-10-14)16-6-4-5-7-17(16)21-25-27-28-26-21;1-2/h4-7,9-12,30-32H,2-3,8,13H2,1H3,(H,25,26,27,28);1-2H3. The largest absolute Gasteiger partial charge is 0.338 e. The summed E-state index contributed by atoms with van der Waals surface area (Å²) < 4.78 is 1.56. The van der Waals surface area contributed by atoms with E-state index in [4.69, 9.17) is 11.6 Å². The molecule has 0 saturated heterocycles. The Balaban J connectivity index is 0.00000158. The first kappa shape index (κ1) is 25.5. The topological polar surface area (TPSA) is 133 Å². The molecule has 0 radical (unpaired) electrons. The lowest BCUT2D eigenvalue weighted by atomic mass is 9.98. The zero-order chi connectivity index (χ0) is 24.7. The highest BCUT2D eigenvalue weighted by Gasteiger charge is 2.32.